The van der Waals surface area contributed by atoms with Crippen LogP contribution in [0.1, 0.15) is 29.6 Å². The number of fused-ring (bicyclic) bond motifs is 1. The molecule has 2 N–H and O–H groups in total. The number of hydrogen-bond acceptors (Lipinski definition) is 4. The van der Waals surface area contributed by atoms with Gasteiger partial charge in [0.2, 0.25) is 0 Å². The lowest BCUT2D eigenvalue weighted by Gasteiger charge is -2.15. The molecule has 21 heavy (non-hydrogen) atoms. The largest absolute Gasteiger partial charge is 0.422 e. The van der Waals surface area contributed by atoms with Gasteiger partial charge in [-0.25, -0.2) is 4.79 Å². The smallest absolute Gasteiger partial charge is 0.349 e. The Labute approximate surface area is 122 Å². The molecule has 1 aliphatic rings. The van der Waals surface area contributed by atoms with Crippen LogP contribution in [0, 0.1) is 0 Å². The van der Waals surface area contributed by atoms with Gasteiger partial charge in [-0.2, -0.15) is 0 Å². The van der Waals surface area contributed by atoms with Gasteiger partial charge in [0.1, 0.15) is 11.1 Å². The molecule has 5 heteroatoms. The summed E-state index contributed by atoms with van der Waals surface area (Å²) < 4.78 is 5.20. The Hall–Kier alpha value is -2.14. The molecule has 0 spiro atoms. The maximum atomic E-state index is 12.3. The van der Waals surface area contributed by atoms with Gasteiger partial charge in [0, 0.05) is 11.4 Å². The van der Waals surface area contributed by atoms with Crippen LogP contribution >= 0.6 is 0 Å². The molecule has 1 aliphatic heterocycles. The third kappa shape index (κ3) is 3.13. The standard InChI is InChI=1S/C16H18N2O3/c19-15(18-12-5-3-8-17-9-7-12)13-10-11-4-1-2-6-14(11)21-16(13)20/h1-2,4,6,10,12,17H,3,5,7-9H2,(H,18,19). The lowest BCUT2D eigenvalue weighted by molar-refractivity contribution is 0.0930. The quantitative estimate of drug-likeness (QED) is 0.824. The predicted molar refractivity (Wildman–Crippen MR) is 80.5 cm³/mol. The molecule has 5 nitrogen and oxygen atoms in total. The third-order valence-corrected chi connectivity index (χ3v) is 3.80. The van der Waals surface area contributed by atoms with E-state index in [-0.39, 0.29) is 17.5 Å². The average molecular weight is 286 g/mol. The van der Waals surface area contributed by atoms with Crippen LogP contribution in [0.25, 0.3) is 11.0 Å². The summed E-state index contributed by atoms with van der Waals surface area (Å²) in [5.74, 6) is -0.346. The predicted octanol–water partition coefficient (Wildman–Crippen LogP) is 1.66. The second kappa shape index (κ2) is 6.10. The summed E-state index contributed by atoms with van der Waals surface area (Å²) in [6.07, 6.45) is 2.83. The lowest BCUT2D eigenvalue weighted by Crippen LogP contribution is -2.37. The summed E-state index contributed by atoms with van der Waals surface area (Å²) in [4.78, 5) is 24.2. The Kier molecular flexibility index (Phi) is 4.01. The third-order valence-electron chi connectivity index (χ3n) is 3.80. The highest BCUT2D eigenvalue weighted by atomic mass is 16.4. The molecule has 1 aromatic heterocycles. The fourth-order valence-corrected chi connectivity index (χ4v) is 2.65. The molecule has 1 atom stereocenters. The van der Waals surface area contributed by atoms with E-state index in [0.29, 0.717) is 5.58 Å². The zero-order valence-electron chi connectivity index (χ0n) is 11.7. The van der Waals surface area contributed by atoms with Gasteiger partial charge in [-0.1, -0.05) is 18.2 Å². The minimum Gasteiger partial charge on any atom is -0.422 e. The first-order valence-electron chi connectivity index (χ1n) is 7.28. The molecule has 0 bridgehead atoms. The summed E-state index contributed by atoms with van der Waals surface area (Å²) >= 11 is 0. The Morgan fingerprint density at radius 1 is 1.24 bits per heavy atom. The second-order valence-corrected chi connectivity index (χ2v) is 5.34. The molecular formula is C16H18N2O3. The summed E-state index contributed by atoms with van der Waals surface area (Å²) in [5, 5.41) is 6.99. The minimum atomic E-state index is -0.585. The van der Waals surface area contributed by atoms with E-state index in [1.807, 2.05) is 12.1 Å². The van der Waals surface area contributed by atoms with Crippen LogP contribution in [0.2, 0.25) is 0 Å². The highest BCUT2D eigenvalue weighted by molar-refractivity contribution is 5.96. The highest BCUT2D eigenvalue weighted by Gasteiger charge is 2.18. The van der Waals surface area contributed by atoms with E-state index in [1.165, 1.54) is 0 Å². The van der Waals surface area contributed by atoms with E-state index in [0.717, 1.165) is 37.7 Å². The molecule has 2 heterocycles. The van der Waals surface area contributed by atoms with Crippen molar-refractivity contribution < 1.29 is 9.21 Å². The molecule has 0 aliphatic carbocycles. The zero-order valence-corrected chi connectivity index (χ0v) is 11.7. The first-order valence-corrected chi connectivity index (χ1v) is 7.28. The number of para-hydroxylation sites is 1. The fourth-order valence-electron chi connectivity index (χ4n) is 2.65. The molecule has 1 amide bonds. The maximum absolute atomic E-state index is 12.3. The van der Waals surface area contributed by atoms with E-state index in [9.17, 15) is 9.59 Å². The van der Waals surface area contributed by atoms with E-state index < -0.39 is 5.63 Å². The number of nitrogens with one attached hydrogen (secondary N) is 2. The number of carbonyl (C=O) groups is 1. The van der Waals surface area contributed by atoms with Gasteiger partial charge < -0.3 is 15.1 Å². The molecule has 1 unspecified atom stereocenters. The SMILES string of the molecule is O=C(NC1CCCNCC1)c1cc2ccccc2oc1=O. The number of hydrogen-bond donors (Lipinski definition) is 2. The van der Waals surface area contributed by atoms with E-state index in [2.05, 4.69) is 10.6 Å². The van der Waals surface area contributed by atoms with Gasteiger partial charge in [-0.05, 0) is 44.5 Å². The molecular weight excluding hydrogens is 268 g/mol. The van der Waals surface area contributed by atoms with E-state index in [4.69, 9.17) is 4.42 Å². The second-order valence-electron chi connectivity index (χ2n) is 5.34. The summed E-state index contributed by atoms with van der Waals surface area (Å²) in [5.41, 5.74) is -0.0124. The monoisotopic (exact) mass is 286 g/mol. The van der Waals surface area contributed by atoms with Crippen molar-refractivity contribution in [2.75, 3.05) is 13.1 Å². The number of benzene rings is 1. The summed E-state index contributed by atoms with van der Waals surface area (Å²) in [7, 11) is 0. The highest BCUT2D eigenvalue weighted by Crippen LogP contribution is 2.13. The number of amides is 1. The fraction of sp³-hybridized carbons (Fsp3) is 0.375. The van der Waals surface area contributed by atoms with Gasteiger partial charge >= 0.3 is 5.63 Å². The first-order chi connectivity index (χ1) is 10.2. The first kappa shape index (κ1) is 13.8. The minimum absolute atomic E-state index is 0.0749. The molecule has 0 saturated carbocycles. The van der Waals surface area contributed by atoms with Crippen LogP contribution in [-0.4, -0.2) is 25.0 Å². The zero-order chi connectivity index (χ0) is 14.7. The summed E-state index contributed by atoms with van der Waals surface area (Å²) in [6.45, 7) is 1.86. The van der Waals surface area contributed by atoms with Crippen LogP contribution in [-0.2, 0) is 0 Å². The Morgan fingerprint density at radius 2 is 2.10 bits per heavy atom. The van der Waals surface area contributed by atoms with Crippen LogP contribution < -0.4 is 16.3 Å². The van der Waals surface area contributed by atoms with Gasteiger partial charge in [-0.15, -0.1) is 0 Å². The molecule has 0 radical (unpaired) electrons. The van der Waals surface area contributed by atoms with Crippen molar-refractivity contribution >= 4 is 16.9 Å². The van der Waals surface area contributed by atoms with Crippen molar-refractivity contribution in [3.05, 3.63) is 46.3 Å². The molecule has 3 rings (SSSR count). The van der Waals surface area contributed by atoms with Gasteiger partial charge in [-0.3, -0.25) is 4.79 Å². The Balaban J connectivity index is 1.83. The lowest BCUT2D eigenvalue weighted by atomic mass is 10.1. The van der Waals surface area contributed by atoms with E-state index in [1.54, 1.807) is 18.2 Å². The molecule has 1 aromatic carbocycles. The molecule has 2 aromatic rings. The van der Waals surface area contributed by atoms with Crippen LogP contribution in [0.15, 0.2) is 39.5 Å². The maximum Gasteiger partial charge on any atom is 0.349 e. The molecule has 1 fully saturated rings. The van der Waals surface area contributed by atoms with Crippen molar-refractivity contribution in [2.24, 2.45) is 0 Å². The van der Waals surface area contributed by atoms with Crippen molar-refractivity contribution in [3.8, 4) is 0 Å². The topological polar surface area (TPSA) is 71.3 Å². The normalized spacial score (nSPS) is 19.1. The number of rotatable bonds is 2. The van der Waals surface area contributed by atoms with Crippen molar-refractivity contribution in [3.63, 3.8) is 0 Å². The van der Waals surface area contributed by atoms with Crippen LogP contribution in [0.5, 0.6) is 0 Å². The average Bonchev–Trinajstić information content (AvgIpc) is 2.75. The van der Waals surface area contributed by atoms with Gasteiger partial charge in [0.25, 0.3) is 5.91 Å². The Morgan fingerprint density at radius 3 is 3.00 bits per heavy atom. The van der Waals surface area contributed by atoms with Gasteiger partial charge in [0.05, 0.1) is 0 Å². The van der Waals surface area contributed by atoms with E-state index >= 15 is 0 Å². The summed E-state index contributed by atoms with van der Waals surface area (Å²) in [6, 6.07) is 8.90. The van der Waals surface area contributed by atoms with Crippen molar-refractivity contribution in [2.45, 2.75) is 25.3 Å². The van der Waals surface area contributed by atoms with Crippen LogP contribution in [0.4, 0.5) is 0 Å². The number of carbonyl (C=O) groups excluding carboxylic acids is 1. The van der Waals surface area contributed by atoms with Crippen LogP contribution in [0.3, 0.4) is 0 Å². The van der Waals surface area contributed by atoms with Crippen molar-refractivity contribution in [1.29, 1.82) is 0 Å². The van der Waals surface area contributed by atoms with Crippen molar-refractivity contribution in [1.82, 2.24) is 10.6 Å². The molecule has 1 saturated heterocycles. The molecule has 110 valence electrons. The van der Waals surface area contributed by atoms with Gasteiger partial charge in [0.15, 0.2) is 0 Å². The Bertz CT molecular complexity index is 700.